The van der Waals surface area contributed by atoms with E-state index in [4.69, 9.17) is 4.74 Å². The summed E-state index contributed by atoms with van der Waals surface area (Å²) in [5, 5.41) is 0. The second kappa shape index (κ2) is 7.24. The van der Waals surface area contributed by atoms with E-state index in [2.05, 4.69) is 9.88 Å². The van der Waals surface area contributed by atoms with E-state index in [-0.39, 0.29) is 5.91 Å². The minimum atomic E-state index is 0.169. The first kappa shape index (κ1) is 15.5. The summed E-state index contributed by atoms with van der Waals surface area (Å²) in [7, 11) is 1.65. The third kappa shape index (κ3) is 4.07. The molecule has 5 nitrogen and oxygen atoms in total. The number of nitrogens with zero attached hydrogens (tertiary/aromatic N) is 3. The molecule has 1 aromatic carbocycles. The van der Waals surface area contributed by atoms with E-state index in [1.165, 1.54) is 0 Å². The van der Waals surface area contributed by atoms with Crippen molar-refractivity contribution < 1.29 is 9.53 Å². The SMILES string of the molecule is COc1ccc(CN2CCN(Cc3ccccn3)CC2=O)cc1. The van der Waals surface area contributed by atoms with E-state index >= 15 is 0 Å². The van der Waals surface area contributed by atoms with Crippen molar-refractivity contribution in [2.75, 3.05) is 26.7 Å². The molecule has 0 N–H and O–H groups in total. The molecule has 1 aliphatic rings. The lowest BCUT2D eigenvalue weighted by Gasteiger charge is -2.34. The Balaban J connectivity index is 1.55. The smallest absolute Gasteiger partial charge is 0.237 e. The van der Waals surface area contributed by atoms with Crippen molar-refractivity contribution in [3.05, 3.63) is 59.9 Å². The highest BCUT2D eigenvalue weighted by molar-refractivity contribution is 5.79. The second-order valence-corrected chi connectivity index (χ2v) is 5.70. The number of benzene rings is 1. The Kier molecular flexibility index (Phi) is 4.88. The predicted octanol–water partition coefficient (Wildman–Crippen LogP) is 1.93. The van der Waals surface area contributed by atoms with Gasteiger partial charge in [0.15, 0.2) is 0 Å². The summed E-state index contributed by atoms with van der Waals surface area (Å²) in [6.45, 7) is 3.45. The van der Waals surface area contributed by atoms with Gasteiger partial charge in [-0.1, -0.05) is 18.2 Å². The Hall–Kier alpha value is -2.40. The van der Waals surface area contributed by atoms with Crippen LogP contribution in [0.5, 0.6) is 5.75 Å². The number of carbonyl (C=O) groups is 1. The van der Waals surface area contributed by atoms with Crippen LogP contribution in [0.3, 0.4) is 0 Å². The molecule has 1 amide bonds. The van der Waals surface area contributed by atoms with Crippen molar-refractivity contribution in [3.8, 4) is 5.75 Å². The van der Waals surface area contributed by atoms with Crippen LogP contribution in [0, 0.1) is 0 Å². The molecular weight excluding hydrogens is 290 g/mol. The molecule has 0 saturated carbocycles. The van der Waals surface area contributed by atoms with Crippen molar-refractivity contribution in [1.29, 1.82) is 0 Å². The van der Waals surface area contributed by atoms with Crippen LogP contribution in [0.1, 0.15) is 11.3 Å². The zero-order valence-electron chi connectivity index (χ0n) is 13.3. The Labute approximate surface area is 136 Å². The molecule has 3 rings (SSSR count). The van der Waals surface area contributed by atoms with Gasteiger partial charge in [0, 0.05) is 32.4 Å². The molecule has 0 atom stereocenters. The van der Waals surface area contributed by atoms with Crippen LogP contribution in [0.15, 0.2) is 48.7 Å². The lowest BCUT2D eigenvalue weighted by molar-refractivity contribution is -0.136. The summed E-state index contributed by atoms with van der Waals surface area (Å²) in [6.07, 6.45) is 1.79. The molecule has 0 spiro atoms. The van der Waals surface area contributed by atoms with E-state index in [0.717, 1.165) is 36.6 Å². The first-order valence-electron chi connectivity index (χ1n) is 7.77. The zero-order chi connectivity index (χ0) is 16.1. The summed E-state index contributed by atoms with van der Waals surface area (Å²) >= 11 is 0. The molecule has 23 heavy (non-hydrogen) atoms. The minimum absolute atomic E-state index is 0.169. The normalized spacial score (nSPS) is 15.7. The number of hydrogen-bond donors (Lipinski definition) is 0. The predicted molar refractivity (Wildman–Crippen MR) is 87.9 cm³/mol. The number of amides is 1. The molecule has 0 aliphatic carbocycles. The average Bonchev–Trinajstić information content (AvgIpc) is 2.59. The molecule has 5 heteroatoms. The Morgan fingerprint density at radius 3 is 2.57 bits per heavy atom. The highest BCUT2D eigenvalue weighted by Gasteiger charge is 2.24. The standard InChI is InChI=1S/C18H21N3O2/c1-23-17-7-5-15(6-8-17)12-21-11-10-20(14-18(21)22)13-16-4-2-3-9-19-16/h2-9H,10-14H2,1H3. The van der Waals surface area contributed by atoms with Crippen LogP contribution in [0.2, 0.25) is 0 Å². The number of piperazine rings is 1. The van der Waals surface area contributed by atoms with Gasteiger partial charge in [-0.05, 0) is 29.8 Å². The number of hydrogen-bond acceptors (Lipinski definition) is 4. The maximum absolute atomic E-state index is 12.4. The topological polar surface area (TPSA) is 45.7 Å². The molecule has 1 aliphatic heterocycles. The van der Waals surface area contributed by atoms with Gasteiger partial charge in [0.25, 0.3) is 0 Å². The zero-order valence-corrected chi connectivity index (χ0v) is 13.3. The summed E-state index contributed by atoms with van der Waals surface area (Å²) in [5.74, 6) is 1.00. The number of methoxy groups -OCH3 is 1. The second-order valence-electron chi connectivity index (χ2n) is 5.70. The van der Waals surface area contributed by atoms with Gasteiger partial charge in [-0.3, -0.25) is 14.7 Å². The van der Waals surface area contributed by atoms with E-state index in [1.807, 2.05) is 47.4 Å². The number of rotatable bonds is 5. The van der Waals surface area contributed by atoms with Crippen molar-refractivity contribution in [1.82, 2.24) is 14.8 Å². The van der Waals surface area contributed by atoms with Gasteiger partial charge >= 0.3 is 0 Å². The first-order valence-corrected chi connectivity index (χ1v) is 7.77. The fraction of sp³-hybridized carbons (Fsp3) is 0.333. The summed E-state index contributed by atoms with van der Waals surface area (Å²) in [6, 6.07) is 13.7. The number of ether oxygens (including phenoxy) is 1. The maximum Gasteiger partial charge on any atom is 0.237 e. The van der Waals surface area contributed by atoms with E-state index in [0.29, 0.717) is 13.1 Å². The number of pyridine rings is 1. The van der Waals surface area contributed by atoms with Crippen LogP contribution < -0.4 is 4.74 Å². The highest BCUT2D eigenvalue weighted by atomic mass is 16.5. The Bertz CT molecular complexity index is 643. The summed E-state index contributed by atoms with van der Waals surface area (Å²) < 4.78 is 5.16. The average molecular weight is 311 g/mol. The Morgan fingerprint density at radius 2 is 1.91 bits per heavy atom. The number of aromatic nitrogens is 1. The van der Waals surface area contributed by atoms with Gasteiger partial charge < -0.3 is 9.64 Å². The fourth-order valence-electron chi connectivity index (χ4n) is 2.73. The molecule has 0 bridgehead atoms. The highest BCUT2D eigenvalue weighted by Crippen LogP contribution is 2.15. The summed E-state index contributed by atoms with van der Waals surface area (Å²) in [5.41, 5.74) is 2.13. The lowest BCUT2D eigenvalue weighted by Crippen LogP contribution is -2.49. The lowest BCUT2D eigenvalue weighted by atomic mass is 10.2. The van der Waals surface area contributed by atoms with Crippen molar-refractivity contribution in [2.45, 2.75) is 13.1 Å². The van der Waals surface area contributed by atoms with Crippen molar-refractivity contribution >= 4 is 5.91 Å². The first-order chi connectivity index (χ1) is 11.2. The van der Waals surface area contributed by atoms with Crippen molar-refractivity contribution in [2.24, 2.45) is 0 Å². The Morgan fingerprint density at radius 1 is 1.09 bits per heavy atom. The van der Waals surface area contributed by atoms with Gasteiger partial charge in [-0.2, -0.15) is 0 Å². The molecule has 120 valence electrons. The third-order valence-corrected chi connectivity index (χ3v) is 4.04. The van der Waals surface area contributed by atoms with E-state index < -0.39 is 0 Å². The monoisotopic (exact) mass is 311 g/mol. The molecule has 2 heterocycles. The van der Waals surface area contributed by atoms with Crippen molar-refractivity contribution in [3.63, 3.8) is 0 Å². The van der Waals surface area contributed by atoms with Crippen LogP contribution in [0.25, 0.3) is 0 Å². The fourth-order valence-corrected chi connectivity index (χ4v) is 2.73. The quantitative estimate of drug-likeness (QED) is 0.846. The summed E-state index contributed by atoms with van der Waals surface area (Å²) in [4.78, 5) is 20.7. The largest absolute Gasteiger partial charge is 0.497 e. The number of carbonyl (C=O) groups excluding carboxylic acids is 1. The molecular formula is C18H21N3O2. The minimum Gasteiger partial charge on any atom is -0.497 e. The third-order valence-electron chi connectivity index (χ3n) is 4.04. The molecule has 0 unspecified atom stereocenters. The molecule has 0 radical (unpaired) electrons. The molecule has 1 aromatic heterocycles. The van der Waals surface area contributed by atoms with E-state index in [9.17, 15) is 4.79 Å². The molecule has 1 fully saturated rings. The van der Waals surface area contributed by atoms with Crippen LogP contribution in [-0.4, -0.2) is 47.4 Å². The van der Waals surface area contributed by atoms with Gasteiger partial charge in [0.2, 0.25) is 5.91 Å². The van der Waals surface area contributed by atoms with Crippen LogP contribution in [0.4, 0.5) is 0 Å². The van der Waals surface area contributed by atoms with Crippen LogP contribution >= 0.6 is 0 Å². The van der Waals surface area contributed by atoms with Gasteiger partial charge in [0.1, 0.15) is 5.75 Å². The van der Waals surface area contributed by atoms with Gasteiger partial charge in [-0.25, -0.2) is 0 Å². The maximum atomic E-state index is 12.4. The molecule has 2 aromatic rings. The molecule has 1 saturated heterocycles. The van der Waals surface area contributed by atoms with Gasteiger partial charge in [0.05, 0.1) is 19.3 Å². The van der Waals surface area contributed by atoms with Crippen LogP contribution in [-0.2, 0) is 17.9 Å². The van der Waals surface area contributed by atoms with E-state index in [1.54, 1.807) is 13.3 Å². The van der Waals surface area contributed by atoms with Gasteiger partial charge in [-0.15, -0.1) is 0 Å².